The van der Waals surface area contributed by atoms with E-state index >= 15 is 0 Å². The van der Waals surface area contributed by atoms with Crippen molar-refractivity contribution in [3.05, 3.63) is 30.1 Å². The zero-order valence-electron chi connectivity index (χ0n) is 12.2. The maximum Gasteiger partial charge on any atom is 0.323 e. The largest absolute Gasteiger partial charge is 0.491 e. The standard InChI is InChI=1S/C15H20FNO4/c1-11(2)17(10-15(19)20)14(18)8-5-9-21-13-7-4-3-6-12(13)16/h3-4,6-7,11H,5,8-10H2,1-2H3,(H,19,20). The smallest absolute Gasteiger partial charge is 0.323 e. The zero-order valence-corrected chi connectivity index (χ0v) is 12.2. The Morgan fingerprint density at radius 2 is 2.00 bits per heavy atom. The van der Waals surface area contributed by atoms with Gasteiger partial charge in [-0.3, -0.25) is 9.59 Å². The molecule has 1 aromatic rings. The molecule has 6 heteroatoms. The molecule has 0 aliphatic rings. The summed E-state index contributed by atoms with van der Waals surface area (Å²) < 4.78 is 18.5. The minimum Gasteiger partial charge on any atom is -0.491 e. The molecule has 1 aromatic carbocycles. The normalized spacial score (nSPS) is 10.5. The summed E-state index contributed by atoms with van der Waals surface area (Å²) in [5.41, 5.74) is 0. The predicted octanol–water partition coefficient (Wildman–Crippen LogP) is 2.31. The van der Waals surface area contributed by atoms with Crippen molar-refractivity contribution in [2.75, 3.05) is 13.2 Å². The summed E-state index contributed by atoms with van der Waals surface area (Å²) in [6, 6.07) is 5.87. The second-order valence-corrected chi connectivity index (χ2v) is 4.89. The first-order chi connectivity index (χ1) is 9.91. The molecule has 0 saturated heterocycles. The molecule has 116 valence electrons. The van der Waals surface area contributed by atoms with Crippen molar-refractivity contribution in [1.29, 1.82) is 0 Å². The van der Waals surface area contributed by atoms with Crippen molar-refractivity contribution >= 4 is 11.9 Å². The van der Waals surface area contributed by atoms with Crippen LogP contribution in [-0.2, 0) is 9.59 Å². The summed E-state index contributed by atoms with van der Waals surface area (Å²) in [5, 5.41) is 8.77. The Kier molecular flexibility index (Phi) is 6.65. The Morgan fingerprint density at radius 1 is 1.33 bits per heavy atom. The number of para-hydroxylation sites is 1. The van der Waals surface area contributed by atoms with Crippen LogP contribution in [0.25, 0.3) is 0 Å². The Morgan fingerprint density at radius 3 is 2.57 bits per heavy atom. The molecule has 0 spiro atoms. The molecule has 0 unspecified atom stereocenters. The molecule has 21 heavy (non-hydrogen) atoms. The third-order valence-corrected chi connectivity index (χ3v) is 2.88. The lowest BCUT2D eigenvalue weighted by Gasteiger charge is -2.24. The maximum absolute atomic E-state index is 13.3. The highest BCUT2D eigenvalue weighted by Crippen LogP contribution is 2.15. The molecule has 0 aromatic heterocycles. The van der Waals surface area contributed by atoms with Crippen LogP contribution in [0.2, 0.25) is 0 Å². The van der Waals surface area contributed by atoms with Gasteiger partial charge in [-0.15, -0.1) is 0 Å². The predicted molar refractivity (Wildman–Crippen MR) is 75.6 cm³/mol. The van der Waals surface area contributed by atoms with E-state index in [0.29, 0.717) is 6.42 Å². The molecular formula is C15H20FNO4. The number of aliphatic carboxylic acids is 1. The molecule has 0 fully saturated rings. The Bertz CT molecular complexity index is 490. The number of carboxylic acid groups (broad SMARTS) is 1. The average molecular weight is 297 g/mol. The number of rotatable bonds is 8. The van der Waals surface area contributed by atoms with Gasteiger partial charge in [0.2, 0.25) is 5.91 Å². The van der Waals surface area contributed by atoms with Gasteiger partial charge in [-0.2, -0.15) is 0 Å². The zero-order chi connectivity index (χ0) is 15.8. The van der Waals surface area contributed by atoms with Crippen molar-refractivity contribution in [3.8, 4) is 5.75 Å². The molecule has 0 atom stereocenters. The molecule has 0 aliphatic heterocycles. The van der Waals surface area contributed by atoms with Crippen molar-refractivity contribution in [2.45, 2.75) is 32.7 Å². The lowest BCUT2D eigenvalue weighted by atomic mass is 10.2. The minimum atomic E-state index is -1.04. The third kappa shape index (κ3) is 5.81. The number of carbonyl (C=O) groups is 2. The topological polar surface area (TPSA) is 66.8 Å². The van der Waals surface area contributed by atoms with E-state index in [9.17, 15) is 14.0 Å². The average Bonchev–Trinajstić information content (AvgIpc) is 2.42. The molecule has 0 heterocycles. The van der Waals surface area contributed by atoms with Crippen LogP contribution in [-0.4, -0.2) is 41.1 Å². The van der Waals surface area contributed by atoms with Gasteiger partial charge in [-0.25, -0.2) is 4.39 Å². The van der Waals surface area contributed by atoms with Gasteiger partial charge < -0.3 is 14.7 Å². The van der Waals surface area contributed by atoms with Crippen LogP contribution in [0.1, 0.15) is 26.7 Å². The van der Waals surface area contributed by atoms with E-state index in [0.717, 1.165) is 0 Å². The lowest BCUT2D eigenvalue weighted by Crippen LogP contribution is -2.40. The van der Waals surface area contributed by atoms with Gasteiger partial charge in [0, 0.05) is 12.5 Å². The van der Waals surface area contributed by atoms with Gasteiger partial charge in [-0.05, 0) is 32.4 Å². The Hall–Kier alpha value is -2.11. The first-order valence-electron chi connectivity index (χ1n) is 6.80. The molecule has 0 saturated carbocycles. The van der Waals surface area contributed by atoms with Crippen LogP contribution < -0.4 is 4.74 Å². The summed E-state index contributed by atoms with van der Waals surface area (Å²) in [4.78, 5) is 23.9. The van der Waals surface area contributed by atoms with Crippen LogP contribution in [0.5, 0.6) is 5.75 Å². The summed E-state index contributed by atoms with van der Waals surface area (Å²) in [5.74, 6) is -1.58. The number of carbonyl (C=O) groups excluding carboxylic acids is 1. The molecule has 0 radical (unpaired) electrons. The number of hydrogen-bond acceptors (Lipinski definition) is 3. The molecule has 1 rings (SSSR count). The maximum atomic E-state index is 13.3. The summed E-state index contributed by atoms with van der Waals surface area (Å²) in [7, 11) is 0. The van der Waals surface area contributed by atoms with Crippen LogP contribution in [0.3, 0.4) is 0 Å². The van der Waals surface area contributed by atoms with Crippen molar-refractivity contribution in [3.63, 3.8) is 0 Å². The molecule has 0 aliphatic carbocycles. The SMILES string of the molecule is CC(C)N(CC(=O)O)C(=O)CCCOc1ccccc1F. The van der Waals surface area contributed by atoms with Crippen molar-refractivity contribution in [2.24, 2.45) is 0 Å². The van der Waals surface area contributed by atoms with E-state index in [4.69, 9.17) is 9.84 Å². The lowest BCUT2D eigenvalue weighted by molar-refractivity contribution is -0.145. The van der Waals surface area contributed by atoms with E-state index < -0.39 is 11.8 Å². The monoisotopic (exact) mass is 297 g/mol. The Labute approximate surface area is 123 Å². The molecule has 1 amide bonds. The molecule has 1 N–H and O–H groups in total. The Balaban J connectivity index is 2.38. The van der Waals surface area contributed by atoms with E-state index in [1.54, 1.807) is 26.0 Å². The fourth-order valence-electron chi connectivity index (χ4n) is 1.82. The highest BCUT2D eigenvalue weighted by molar-refractivity contribution is 5.81. The molecular weight excluding hydrogens is 277 g/mol. The van der Waals surface area contributed by atoms with Crippen molar-refractivity contribution < 1.29 is 23.8 Å². The van der Waals surface area contributed by atoms with E-state index in [1.165, 1.54) is 17.0 Å². The van der Waals surface area contributed by atoms with Gasteiger partial charge in [0.05, 0.1) is 6.61 Å². The highest BCUT2D eigenvalue weighted by atomic mass is 19.1. The second-order valence-electron chi connectivity index (χ2n) is 4.89. The van der Waals surface area contributed by atoms with E-state index in [2.05, 4.69) is 0 Å². The van der Waals surface area contributed by atoms with Gasteiger partial charge in [0.25, 0.3) is 0 Å². The van der Waals surface area contributed by atoms with Gasteiger partial charge in [-0.1, -0.05) is 12.1 Å². The highest BCUT2D eigenvalue weighted by Gasteiger charge is 2.19. The first kappa shape index (κ1) is 16.9. The minimum absolute atomic E-state index is 0.149. The van der Waals surface area contributed by atoms with Gasteiger partial charge in [0.15, 0.2) is 11.6 Å². The van der Waals surface area contributed by atoms with Crippen LogP contribution in [0.4, 0.5) is 4.39 Å². The van der Waals surface area contributed by atoms with E-state index in [-0.39, 0.29) is 37.3 Å². The number of amides is 1. The van der Waals surface area contributed by atoms with Gasteiger partial charge >= 0.3 is 5.97 Å². The van der Waals surface area contributed by atoms with Gasteiger partial charge in [0.1, 0.15) is 6.54 Å². The number of benzene rings is 1. The quantitative estimate of drug-likeness (QED) is 0.748. The fourth-order valence-corrected chi connectivity index (χ4v) is 1.82. The number of hydrogen-bond donors (Lipinski definition) is 1. The summed E-state index contributed by atoms with van der Waals surface area (Å²) in [6.07, 6.45) is 0.565. The van der Waals surface area contributed by atoms with Crippen LogP contribution >= 0.6 is 0 Å². The number of carboxylic acids is 1. The second kappa shape index (κ2) is 8.24. The third-order valence-electron chi connectivity index (χ3n) is 2.88. The fraction of sp³-hybridized carbons (Fsp3) is 0.467. The number of halogens is 1. The number of ether oxygens (including phenoxy) is 1. The summed E-state index contributed by atoms with van der Waals surface area (Å²) >= 11 is 0. The van der Waals surface area contributed by atoms with Crippen LogP contribution in [0.15, 0.2) is 24.3 Å². The molecule has 5 nitrogen and oxygen atoms in total. The first-order valence-corrected chi connectivity index (χ1v) is 6.80. The van der Waals surface area contributed by atoms with Crippen LogP contribution in [0, 0.1) is 5.82 Å². The molecule has 0 bridgehead atoms. The summed E-state index contributed by atoms with van der Waals surface area (Å²) in [6.45, 7) is 3.41. The van der Waals surface area contributed by atoms with Crippen molar-refractivity contribution in [1.82, 2.24) is 4.90 Å². The number of nitrogens with zero attached hydrogens (tertiary/aromatic N) is 1. The van der Waals surface area contributed by atoms with E-state index in [1.807, 2.05) is 0 Å².